The summed E-state index contributed by atoms with van der Waals surface area (Å²) in [6, 6.07) is 5.44. The van der Waals surface area contributed by atoms with E-state index in [4.69, 9.17) is 15.7 Å². The summed E-state index contributed by atoms with van der Waals surface area (Å²) in [7, 11) is 0. The van der Waals surface area contributed by atoms with Crippen LogP contribution >= 0.6 is 15.9 Å². The molecule has 3 N–H and O–H groups in total. The van der Waals surface area contributed by atoms with Gasteiger partial charge in [-0.05, 0) is 28.1 Å². The molecule has 0 aromatic heterocycles. The Morgan fingerprint density at radius 3 is 3.06 bits per heavy atom. The minimum atomic E-state index is -0.0924. The smallest absolute Gasteiger partial charge is 0.101 e. The zero-order chi connectivity index (χ0) is 13.1. The Morgan fingerprint density at radius 2 is 2.39 bits per heavy atom. The van der Waals surface area contributed by atoms with Crippen LogP contribution in [-0.4, -0.2) is 37.5 Å². The second-order valence-electron chi connectivity index (χ2n) is 4.11. The Labute approximate surface area is 114 Å². The van der Waals surface area contributed by atoms with Gasteiger partial charge in [-0.1, -0.05) is 0 Å². The Balaban J connectivity index is 2.40. The molecule has 1 aromatic rings. The fourth-order valence-corrected chi connectivity index (χ4v) is 2.61. The molecule has 0 bridgehead atoms. The van der Waals surface area contributed by atoms with Crippen LogP contribution in [0.25, 0.3) is 0 Å². The first-order chi connectivity index (χ1) is 8.67. The van der Waals surface area contributed by atoms with Crippen molar-refractivity contribution >= 4 is 27.3 Å². The number of halogens is 1. The maximum Gasteiger partial charge on any atom is 0.101 e. The molecular weight excluding hydrogens is 298 g/mol. The first-order valence-electron chi connectivity index (χ1n) is 5.61. The van der Waals surface area contributed by atoms with Crippen LogP contribution in [0.3, 0.4) is 0 Å². The third kappa shape index (κ3) is 2.43. The highest BCUT2D eigenvalue weighted by atomic mass is 79.9. The number of ether oxygens (including phenoxy) is 1. The highest BCUT2D eigenvalue weighted by molar-refractivity contribution is 9.10. The number of hydrogen-bond acceptors (Lipinski definition) is 5. The number of morpholine rings is 1. The largest absolute Gasteiger partial charge is 0.398 e. The lowest BCUT2D eigenvalue weighted by Gasteiger charge is -2.37. The molecule has 96 valence electrons. The Hall–Kier alpha value is -1.29. The molecule has 1 fully saturated rings. The summed E-state index contributed by atoms with van der Waals surface area (Å²) in [5.41, 5.74) is 7.50. The number of nitrogen functional groups attached to an aromatic ring is 1. The van der Waals surface area contributed by atoms with Crippen molar-refractivity contribution in [2.75, 3.05) is 37.0 Å². The van der Waals surface area contributed by atoms with E-state index in [1.165, 1.54) is 0 Å². The van der Waals surface area contributed by atoms with Crippen molar-refractivity contribution < 1.29 is 9.84 Å². The van der Waals surface area contributed by atoms with E-state index in [9.17, 15) is 5.11 Å². The van der Waals surface area contributed by atoms with Crippen molar-refractivity contribution in [3.8, 4) is 6.07 Å². The summed E-state index contributed by atoms with van der Waals surface area (Å²) in [6.07, 6.45) is 0. The van der Waals surface area contributed by atoms with Gasteiger partial charge in [-0.15, -0.1) is 0 Å². The number of nitrogens with two attached hydrogens (primary N) is 1. The quantitative estimate of drug-likeness (QED) is 0.799. The zero-order valence-corrected chi connectivity index (χ0v) is 11.4. The van der Waals surface area contributed by atoms with Crippen LogP contribution in [0.4, 0.5) is 11.4 Å². The molecule has 0 radical (unpaired) electrons. The lowest BCUT2D eigenvalue weighted by molar-refractivity contribution is 0.0726. The molecule has 0 spiro atoms. The molecule has 0 saturated carbocycles. The number of aliphatic hydroxyl groups is 1. The fraction of sp³-hybridized carbons (Fsp3) is 0.417. The van der Waals surface area contributed by atoms with Crippen molar-refractivity contribution in [3.05, 3.63) is 22.2 Å². The van der Waals surface area contributed by atoms with Crippen molar-refractivity contribution in [3.63, 3.8) is 0 Å². The number of rotatable bonds is 2. The molecule has 1 atom stereocenters. The lowest BCUT2D eigenvalue weighted by atomic mass is 10.1. The number of nitrogens with zero attached hydrogens (tertiary/aromatic N) is 2. The van der Waals surface area contributed by atoms with Gasteiger partial charge in [0.1, 0.15) is 6.07 Å². The Kier molecular flexibility index (Phi) is 4.07. The van der Waals surface area contributed by atoms with E-state index >= 15 is 0 Å². The van der Waals surface area contributed by atoms with Crippen LogP contribution in [0.5, 0.6) is 0 Å². The van der Waals surface area contributed by atoms with Gasteiger partial charge >= 0.3 is 0 Å². The molecule has 1 aliphatic rings. The van der Waals surface area contributed by atoms with Gasteiger partial charge in [0.2, 0.25) is 0 Å². The van der Waals surface area contributed by atoms with E-state index in [1.54, 1.807) is 12.1 Å². The highest BCUT2D eigenvalue weighted by Gasteiger charge is 2.24. The second-order valence-corrected chi connectivity index (χ2v) is 4.96. The number of hydrogen-bond donors (Lipinski definition) is 2. The third-order valence-electron chi connectivity index (χ3n) is 2.99. The van der Waals surface area contributed by atoms with Gasteiger partial charge in [0.25, 0.3) is 0 Å². The normalized spacial score (nSPS) is 19.6. The van der Waals surface area contributed by atoms with Crippen molar-refractivity contribution in [1.29, 1.82) is 5.26 Å². The molecule has 0 unspecified atom stereocenters. The highest BCUT2D eigenvalue weighted by Crippen LogP contribution is 2.32. The van der Waals surface area contributed by atoms with Gasteiger partial charge in [0, 0.05) is 11.0 Å². The van der Waals surface area contributed by atoms with E-state index in [0.717, 1.165) is 10.2 Å². The molecule has 1 aromatic carbocycles. The maximum absolute atomic E-state index is 9.37. The number of aliphatic hydroxyl groups excluding tert-OH is 1. The first-order valence-corrected chi connectivity index (χ1v) is 6.41. The number of benzene rings is 1. The standard InChI is InChI=1S/C12H14BrN3O2/c13-10-4-11(15)8(5-14)3-12(10)16-1-2-18-7-9(16)6-17/h3-4,9,17H,1-2,6-7,15H2/t9-/m1/s1. The topological polar surface area (TPSA) is 82.5 Å². The predicted molar refractivity (Wildman–Crippen MR) is 72.3 cm³/mol. The van der Waals surface area contributed by atoms with Gasteiger partial charge in [-0.25, -0.2) is 0 Å². The van der Waals surface area contributed by atoms with Crippen LogP contribution in [-0.2, 0) is 4.74 Å². The summed E-state index contributed by atoms with van der Waals surface area (Å²) in [5.74, 6) is 0. The van der Waals surface area contributed by atoms with Gasteiger partial charge < -0.3 is 20.5 Å². The van der Waals surface area contributed by atoms with Crippen LogP contribution in [0.1, 0.15) is 5.56 Å². The van der Waals surface area contributed by atoms with Gasteiger partial charge in [-0.3, -0.25) is 0 Å². The van der Waals surface area contributed by atoms with Crippen LogP contribution < -0.4 is 10.6 Å². The summed E-state index contributed by atoms with van der Waals surface area (Å²) in [4.78, 5) is 2.04. The molecular formula is C12H14BrN3O2. The van der Waals surface area contributed by atoms with Gasteiger partial charge in [-0.2, -0.15) is 5.26 Å². The number of anilines is 2. The summed E-state index contributed by atoms with van der Waals surface area (Å²) >= 11 is 3.45. The monoisotopic (exact) mass is 311 g/mol. The average Bonchev–Trinajstić information content (AvgIpc) is 2.39. The SMILES string of the molecule is N#Cc1cc(N2CCOC[C@H]2CO)c(Br)cc1N. The van der Waals surface area contributed by atoms with E-state index in [-0.39, 0.29) is 12.6 Å². The summed E-state index contributed by atoms with van der Waals surface area (Å²) < 4.78 is 6.16. The maximum atomic E-state index is 9.37. The van der Waals surface area contributed by atoms with E-state index in [0.29, 0.717) is 31.0 Å². The Bertz CT molecular complexity index is 487. The van der Waals surface area contributed by atoms with Crippen LogP contribution in [0.15, 0.2) is 16.6 Å². The summed E-state index contributed by atoms with van der Waals surface area (Å²) in [5, 5.41) is 18.4. The van der Waals surface area contributed by atoms with Crippen molar-refractivity contribution in [2.24, 2.45) is 0 Å². The van der Waals surface area contributed by atoms with Crippen LogP contribution in [0.2, 0.25) is 0 Å². The van der Waals surface area contributed by atoms with Crippen molar-refractivity contribution in [1.82, 2.24) is 0 Å². The molecule has 1 saturated heterocycles. The molecule has 1 aliphatic heterocycles. The minimum Gasteiger partial charge on any atom is -0.398 e. The van der Waals surface area contributed by atoms with Crippen molar-refractivity contribution in [2.45, 2.75) is 6.04 Å². The van der Waals surface area contributed by atoms with E-state index in [1.807, 2.05) is 4.90 Å². The van der Waals surface area contributed by atoms with Gasteiger partial charge in [0.05, 0.1) is 42.8 Å². The molecule has 18 heavy (non-hydrogen) atoms. The van der Waals surface area contributed by atoms with E-state index in [2.05, 4.69) is 22.0 Å². The minimum absolute atomic E-state index is 0.0126. The average molecular weight is 312 g/mol. The van der Waals surface area contributed by atoms with Gasteiger partial charge in [0.15, 0.2) is 0 Å². The third-order valence-corrected chi connectivity index (χ3v) is 3.62. The van der Waals surface area contributed by atoms with E-state index < -0.39 is 0 Å². The first kappa shape index (κ1) is 13.1. The predicted octanol–water partition coefficient (Wildman–Crippen LogP) is 1.10. The molecule has 0 aliphatic carbocycles. The van der Waals surface area contributed by atoms with Crippen LogP contribution in [0, 0.1) is 11.3 Å². The molecule has 1 heterocycles. The molecule has 5 nitrogen and oxygen atoms in total. The number of nitriles is 1. The molecule has 0 amide bonds. The molecule has 2 rings (SSSR count). The second kappa shape index (κ2) is 5.57. The Morgan fingerprint density at radius 1 is 1.61 bits per heavy atom. The fourth-order valence-electron chi connectivity index (χ4n) is 2.02. The summed E-state index contributed by atoms with van der Waals surface area (Å²) in [6.45, 7) is 1.78. The zero-order valence-electron chi connectivity index (χ0n) is 9.77. The molecule has 6 heteroatoms. The lowest BCUT2D eigenvalue weighted by Crippen LogP contribution is -2.47.